The minimum Gasteiger partial charge on any atom is -0.496 e. The number of hydrogen-bond acceptors (Lipinski definition) is 14. The Morgan fingerprint density at radius 1 is 0.500 bits per heavy atom. The number of carbonyl (C=O) groups is 4. The Labute approximate surface area is 305 Å². The Balaban J connectivity index is 1.60. The Hall–Kier alpha value is -7.22. The van der Waals surface area contributed by atoms with Crippen molar-refractivity contribution in [2.45, 2.75) is 27.7 Å². The van der Waals surface area contributed by atoms with E-state index in [4.69, 9.17) is 37.3 Å². The first kappa shape index (κ1) is 36.6. The van der Waals surface area contributed by atoms with Crippen molar-refractivity contribution in [1.82, 2.24) is 0 Å². The van der Waals surface area contributed by atoms with E-state index in [1.165, 1.54) is 82.7 Å². The van der Waals surface area contributed by atoms with Gasteiger partial charge in [0.2, 0.25) is 0 Å². The zero-order chi connectivity index (χ0) is 38.8. The maximum atomic E-state index is 13.9. The molecule has 0 aliphatic rings. The fourth-order valence-electron chi connectivity index (χ4n) is 5.78. The second-order valence-corrected chi connectivity index (χ2v) is 11.7. The van der Waals surface area contributed by atoms with Crippen LogP contribution in [-0.4, -0.2) is 38.1 Å². The van der Waals surface area contributed by atoms with Crippen LogP contribution in [0.5, 0.6) is 34.5 Å². The molecule has 0 amide bonds. The third-order valence-electron chi connectivity index (χ3n) is 7.85. The Morgan fingerprint density at radius 2 is 1.06 bits per heavy atom. The molecule has 4 aromatic carbocycles. The van der Waals surface area contributed by atoms with Crippen molar-refractivity contribution in [2.75, 3.05) is 14.2 Å². The fourth-order valence-corrected chi connectivity index (χ4v) is 5.78. The molecule has 14 heteroatoms. The summed E-state index contributed by atoms with van der Waals surface area (Å²) in [6, 6.07) is 17.4. The molecule has 54 heavy (non-hydrogen) atoms. The van der Waals surface area contributed by atoms with Gasteiger partial charge in [-0.3, -0.25) is 28.8 Å². The second kappa shape index (κ2) is 14.8. The molecule has 0 fully saturated rings. The van der Waals surface area contributed by atoms with Gasteiger partial charge in [-0.25, -0.2) is 0 Å². The lowest BCUT2D eigenvalue weighted by Crippen LogP contribution is -2.11. The van der Waals surface area contributed by atoms with Gasteiger partial charge in [0.15, 0.2) is 16.6 Å². The maximum absolute atomic E-state index is 13.9. The van der Waals surface area contributed by atoms with Crippen LogP contribution in [0.4, 0.5) is 0 Å². The van der Waals surface area contributed by atoms with E-state index in [2.05, 4.69) is 0 Å². The van der Waals surface area contributed by atoms with Crippen molar-refractivity contribution in [3.05, 3.63) is 93.2 Å². The van der Waals surface area contributed by atoms with E-state index >= 15 is 0 Å². The maximum Gasteiger partial charge on any atom is 0.308 e. The molecule has 0 aliphatic heterocycles. The number of methoxy groups -OCH3 is 2. The number of esters is 4. The van der Waals surface area contributed by atoms with Crippen LogP contribution in [0, 0.1) is 0 Å². The van der Waals surface area contributed by atoms with E-state index in [0.717, 1.165) is 13.8 Å². The third-order valence-corrected chi connectivity index (χ3v) is 7.85. The molecule has 0 radical (unpaired) electrons. The first-order chi connectivity index (χ1) is 25.8. The number of benzene rings is 4. The van der Waals surface area contributed by atoms with Gasteiger partial charge in [0.25, 0.3) is 0 Å². The molecular formula is C40H30O14. The lowest BCUT2D eigenvalue weighted by Gasteiger charge is -2.19. The highest BCUT2D eigenvalue weighted by Gasteiger charge is 2.27. The van der Waals surface area contributed by atoms with Gasteiger partial charge in [-0.05, 0) is 42.5 Å². The van der Waals surface area contributed by atoms with Gasteiger partial charge < -0.3 is 37.3 Å². The highest BCUT2D eigenvalue weighted by molar-refractivity contribution is 6.00. The Bertz CT molecular complexity index is 2630. The van der Waals surface area contributed by atoms with Crippen LogP contribution >= 0.6 is 0 Å². The highest BCUT2D eigenvalue weighted by atomic mass is 16.6. The average molecular weight is 735 g/mol. The molecule has 274 valence electrons. The van der Waals surface area contributed by atoms with Crippen molar-refractivity contribution in [3.8, 4) is 68.3 Å². The molecule has 0 saturated heterocycles. The minimum atomic E-state index is -0.810. The number of fused-ring (bicyclic) bond motifs is 2. The van der Waals surface area contributed by atoms with Crippen LogP contribution < -0.4 is 39.3 Å². The van der Waals surface area contributed by atoms with Gasteiger partial charge in [-0.2, -0.15) is 0 Å². The SMILES string of the molecule is COc1cc(OC(C)=O)c2c(=O)cc(-c3ccc(OC)c(-c4c(OC(C)=O)cc5oc(-c6ccc(OC(C)=O)cc6)cc(=O)c5c4OC(C)=O)c3)oc2c1. The number of hydrogen-bond donors (Lipinski definition) is 0. The average Bonchev–Trinajstić information content (AvgIpc) is 3.10. The molecule has 0 saturated carbocycles. The summed E-state index contributed by atoms with van der Waals surface area (Å²) >= 11 is 0. The van der Waals surface area contributed by atoms with E-state index < -0.39 is 34.7 Å². The molecule has 0 N–H and O–H groups in total. The third kappa shape index (κ3) is 7.39. The highest BCUT2D eigenvalue weighted by Crippen LogP contribution is 2.48. The summed E-state index contributed by atoms with van der Waals surface area (Å²) in [7, 11) is 2.77. The van der Waals surface area contributed by atoms with Crippen molar-refractivity contribution in [2.24, 2.45) is 0 Å². The van der Waals surface area contributed by atoms with Crippen molar-refractivity contribution >= 4 is 45.8 Å². The molecule has 2 aromatic heterocycles. The fraction of sp³-hybridized carbons (Fsp3) is 0.150. The predicted molar refractivity (Wildman–Crippen MR) is 193 cm³/mol. The normalized spacial score (nSPS) is 10.9. The smallest absolute Gasteiger partial charge is 0.308 e. The molecule has 6 rings (SSSR count). The van der Waals surface area contributed by atoms with Crippen LogP contribution in [-0.2, 0) is 19.2 Å². The molecule has 0 unspecified atom stereocenters. The Morgan fingerprint density at radius 3 is 1.65 bits per heavy atom. The molecule has 2 heterocycles. The van der Waals surface area contributed by atoms with Gasteiger partial charge in [0.1, 0.15) is 62.2 Å². The topological polar surface area (TPSA) is 184 Å². The van der Waals surface area contributed by atoms with Gasteiger partial charge in [0, 0.05) is 74.7 Å². The van der Waals surface area contributed by atoms with E-state index in [1.807, 2.05) is 0 Å². The zero-order valence-electron chi connectivity index (χ0n) is 29.6. The van der Waals surface area contributed by atoms with Crippen LogP contribution in [0.1, 0.15) is 27.7 Å². The molecule has 0 spiro atoms. The summed E-state index contributed by atoms with van der Waals surface area (Å²) in [6.45, 7) is 4.74. The summed E-state index contributed by atoms with van der Waals surface area (Å²) in [6.07, 6.45) is 0. The van der Waals surface area contributed by atoms with Crippen molar-refractivity contribution in [1.29, 1.82) is 0 Å². The Kier molecular flexibility index (Phi) is 10.0. The molecule has 0 bridgehead atoms. The first-order valence-electron chi connectivity index (χ1n) is 16.1. The zero-order valence-corrected chi connectivity index (χ0v) is 29.6. The summed E-state index contributed by atoms with van der Waals surface area (Å²) in [5.41, 5.74) is -0.302. The van der Waals surface area contributed by atoms with Crippen molar-refractivity contribution in [3.63, 3.8) is 0 Å². The van der Waals surface area contributed by atoms with Crippen LogP contribution in [0.25, 0.3) is 55.7 Å². The summed E-state index contributed by atoms with van der Waals surface area (Å²) in [4.78, 5) is 75.7. The molecule has 0 atom stereocenters. The van der Waals surface area contributed by atoms with E-state index in [0.29, 0.717) is 11.1 Å². The van der Waals surface area contributed by atoms with Crippen LogP contribution in [0.2, 0.25) is 0 Å². The number of rotatable bonds is 9. The molecule has 0 aliphatic carbocycles. The molecule has 14 nitrogen and oxygen atoms in total. The molecular weight excluding hydrogens is 704 g/mol. The standard InChI is InChI=1S/C40H30O14/c1-19(41)49-25-10-7-23(8-11-25)31-17-29(46)39-36(53-31)18-35(51-21(3)43)37(40(39)52-22(4)44)27-13-24(9-12-30(27)48-6)32-16-28(45)38-33(50-20(2)42)14-26(47-5)15-34(38)54-32/h7-18H,1-6H3. The second-order valence-electron chi connectivity index (χ2n) is 11.7. The van der Waals surface area contributed by atoms with Gasteiger partial charge in [-0.15, -0.1) is 0 Å². The lowest BCUT2D eigenvalue weighted by atomic mass is 9.96. The summed E-state index contributed by atoms with van der Waals surface area (Å²) < 4.78 is 44.9. The largest absolute Gasteiger partial charge is 0.496 e. The number of carbonyl (C=O) groups excluding carboxylic acids is 4. The minimum absolute atomic E-state index is 0.00117. The van der Waals surface area contributed by atoms with Crippen LogP contribution in [0.15, 0.2) is 91.2 Å². The lowest BCUT2D eigenvalue weighted by molar-refractivity contribution is -0.133. The molecule has 6 aromatic rings. The van der Waals surface area contributed by atoms with Crippen LogP contribution in [0.3, 0.4) is 0 Å². The first-order valence-corrected chi connectivity index (χ1v) is 16.1. The van der Waals surface area contributed by atoms with E-state index in [1.54, 1.807) is 18.2 Å². The van der Waals surface area contributed by atoms with E-state index in [-0.39, 0.29) is 79.1 Å². The monoisotopic (exact) mass is 734 g/mol. The van der Waals surface area contributed by atoms with Gasteiger partial charge >= 0.3 is 23.9 Å². The van der Waals surface area contributed by atoms with Crippen molar-refractivity contribution < 1.29 is 56.4 Å². The van der Waals surface area contributed by atoms with Gasteiger partial charge in [0.05, 0.1) is 19.8 Å². The van der Waals surface area contributed by atoms with E-state index in [9.17, 15) is 28.8 Å². The summed E-state index contributed by atoms with van der Waals surface area (Å²) in [5.74, 6) is -2.35. The quantitative estimate of drug-likeness (QED) is 0.114. The van der Waals surface area contributed by atoms with Gasteiger partial charge in [-0.1, -0.05) is 0 Å². The summed E-state index contributed by atoms with van der Waals surface area (Å²) in [5, 5.41) is -0.162. The predicted octanol–water partition coefficient (Wildman–Crippen LogP) is 6.62. The number of ether oxygens (including phenoxy) is 6.